The van der Waals surface area contributed by atoms with E-state index in [0.29, 0.717) is 17.3 Å². The molecule has 0 aliphatic heterocycles. The Bertz CT molecular complexity index is 972. The summed E-state index contributed by atoms with van der Waals surface area (Å²) in [5.41, 5.74) is 2.12. The van der Waals surface area contributed by atoms with Crippen molar-refractivity contribution in [3.63, 3.8) is 0 Å². The number of carbonyl (C=O) groups is 2. The van der Waals surface area contributed by atoms with Crippen molar-refractivity contribution < 1.29 is 14.3 Å². The van der Waals surface area contributed by atoms with Gasteiger partial charge in [0.05, 0.1) is 23.1 Å². The summed E-state index contributed by atoms with van der Waals surface area (Å²) in [7, 11) is 1.70. The molecule has 2 heterocycles. The number of hydrogen-bond donors (Lipinski definition) is 1. The molecule has 1 aromatic carbocycles. The Morgan fingerprint density at radius 3 is 2.70 bits per heavy atom. The zero-order chi connectivity index (χ0) is 18.8. The number of amides is 1. The van der Waals surface area contributed by atoms with Crippen LogP contribution < -0.4 is 5.32 Å². The van der Waals surface area contributed by atoms with Gasteiger partial charge < -0.3 is 10.1 Å². The van der Waals surface area contributed by atoms with Crippen LogP contribution in [0.15, 0.2) is 48.8 Å². The van der Waals surface area contributed by atoms with Gasteiger partial charge in [0.15, 0.2) is 6.61 Å². The lowest BCUT2D eigenvalue weighted by Gasteiger charge is -2.09. The zero-order valence-electron chi connectivity index (χ0n) is 14.8. The summed E-state index contributed by atoms with van der Waals surface area (Å²) in [6.45, 7) is -0.382. The van der Waals surface area contributed by atoms with E-state index < -0.39 is 11.9 Å². The monoisotopic (exact) mass is 365 g/mol. The average Bonchev–Trinajstić information content (AvgIpc) is 3.30. The second-order valence-corrected chi connectivity index (χ2v) is 6.50. The van der Waals surface area contributed by atoms with Crippen LogP contribution in [0, 0.1) is 0 Å². The predicted octanol–water partition coefficient (Wildman–Crippen LogP) is 2.28. The molecule has 0 saturated heterocycles. The molecule has 8 heteroatoms. The van der Waals surface area contributed by atoms with Crippen molar-refractivity contribution in [2.24, 2.45) is 7.05 Å². The minimum Gasteiger partial charge on any atom is -0.452 e. The molecule has 1 N–H and O–H groups in total. The van der Waals surface area contributed by atoms with Crippen molar-refractivity contribution >= 4 is 17.7 Å². The number of ether oxygens (including phenoxy) is 1. The fourth-order valence-electron chi connectivity index (χ4n) is 2.75. The molecule has 1 fully saturated rings. The summed E-state index contributed by atoms with van der Waals surface area (Å²) >= 11 is 0. The lowest BCUT2D eigenvalue weighted by atomic mass is 10.3. The highest BCUT2D eigenvalue weighted by Gasteiger charge is 2.28. The van der Waals surface area contributed by atoms with Crippen LogP contribution >= 0.6 is 0 Å². The largest absolute Gasteiger partial charge is 0.452 e. The van der Waals surface area contributed by atoms with E-state index in [1.165, 1.54) is 17.1 Å². The number of rotatable bonds is 6. The number of benzene rings is 1. The molecule has 4 rings (SSSR count). The first-order valence-corrected chi connectivity index (χ1v) is 8.71. The molecule has 1 amide bonds. The first-order chi connectivity index (χ1) is 13.1. The lowest BCUT2D eigenvalue weighted by molar-refractivity contribution is -0.119. The average molecular weight is 365 g/mol. The van der Waals surface area contributed by atoms with E-state index in [1.54, 1.807) is 11.7 Å². The van der Waals surface area contributed by atoms with Crippen LogP contribution in [-0.4, -0.2) is 38.0 Å². The molecule has 1 aliphatic rings. The van der Waals surface area contributed by atoms with E-state index >= 15 is 0 Å². The maximum absolute atomic E-state index is 12.3. The summed E-state index contributed by atoms with van der Waals surface area (Å²) in [6, 6.07) is 11.5. The molecular weight excluding hydrogens is 346 g/mol. The van der Waals surface area contributed by atoms with Gasteiger partial charge >= 0.3 is 5.97 Å². The Labute approximate surface area is 155 Å². The third-order valence-corrected chi connectivity index (χ3v) is 4.27. The molecule has 138 valence electrons. The van der Waals surface area contributed by atoms with Crippen LogP contribution in [0.2, 0.25) is 0 Å². The molecule has 0 spiro atoms. The van der Waals surface area contributed by atoms with E-state index in [2.05, 4.69) is 15.5 Å². The van der Waals surface area contributed by atoms with Crippen LogP contribution in [0.1, 0.15) is 34.8 Å². The molecule has 3 aromatic rings. The Kier molecular flexibility index (Phi) is 4.45. The minimum atomic E-state index is -0.589. The predicted molar refractivity (Wildman–Crippen MR) is 97.7 cm³/mol. The smallest absolute Gasteiger partial charge is 0.341 e. The van der Waals surface area contributed by atoms with E-state index in [1.807, 2.05) is 36.4 Å². The number of aryl methyl sites for hydroxylation is 1. The SMILES string of the molecule is Cn1cc(C(=O)OCC(=O)Nc2cc(C3CC3)nn2-c2ccccc2)cn1. The van der Waals surface area contributed by atoms with Gasteiger partial charge in [-0.25, -0.2) is 9.48 Å². The molecule has 0 atom stereocenters. The van der Waals surface area contributed by atoms with Gasteiger partial charge in [0.1, 0.15) is 5.82 Å². The maximum Gasteiger partial charge on any atom is 0.341 e. The van der Waals surface area contributed by atoms with Crippen LogP contribution in [0.4, 0.5) is 5.82 Å². The maximum atomic E-state index is 12.3. The normalized spacial score (nSPS) is 13.4. The highest BCUT2D eigenvalue weighted by Crippen LogP contribution is 2.40. The summed E-state index contributed by atoms with van der Waals surface area (Å²) in [4.78, 5) is 24.2. The Hall–Kier alpha value is -3.42. The number of nitrogens with one attached hydrogen (secondary N) is 1. The van der Waals surface area contributed by atoms with Crippen molar-refractivity contribution in [3.8, 4) is 5.69 Å². The van der Waals surface area contributed by atoms with Gasteiger partial charge in [-0.05, 0) is 25.0 Å². The van der Waals surface area contributed by atoms with Gasteiger partial charge in [-0.3, -0.25) is 9.48 Å². The van der Waals surface area contributed by atoms with E-state index in [0.717, 1.165) is 24.2 Å². The lowest BCUT2D eigenvalue weighted by Crippen LogP contribution is -2.22. The number of hydrogen-bond acceptors (Lipinski definition) is 5. The second kappa shape index (κ2) is 7.06. The molecule has 27 heavy (non-hydrogen) atoms. The van der Waals surface area contributed by atoms with Crippen LogP contribution in [0.3, 0.4) is 0 Å². The highest BCUT2D eigenvalue weighted by atomic mass is 16.5. The number of nitrogens with zero attached hydrogens (tertiary/aromatic N) is 4. The minimum absolute atomic E-state index is 0.302. The van der Waals surface area contributed by atoms with Gasteiger partial charge in [0, 0.05) is 25.2 Å². The highest BCUT2D eigenvalue weighted by molar-refractivity contribution is 5.95. The number of esters is 1. The molecular formula is C19H19N5O3. The standard InChI is InChI=1S/C19H19N5O3/c1-23-11-14(10-20-23)19(26)27-12-18(25)21-17-9-16(13-7-8-13)22-24(17)15-5-3-2-4-6-15/h2-6,9-11,13H,7-8,12H2,1H3,(H,21,25). The number of aromatic nitrogens is 4. The first-order valence-electron chi connectivity index (χ1n) is 8.71. The molecule has 1 aliphatic carbocycles. The Morgan fingerprint density at radius 1 is 1.26 bits per heavy atom. The molecule has 8 nitrogen and oxygen atoms in total. The molecule has 0 bridgehead atoms. The van der Waals surface area contributed by atoms with Gasteiger partial charge in [-0.1, -0.05) is 18.2 Å². The van der Waals surface area contributed by atoms with Crippen molar-refractivity contribution in [1.82, 2.24) is 19.6 Å². The Balaban J connectivity index is 1.45. The molecule has 0 radical (unpaired) electrons. The molecule has 1 saturated carbocycles. The van der Waals surface area contributed by atoms with Gasteiger partial charge in [0.2, 0.25) is 0 Å². The Morgan fingerprint density at radius 2 is 2.04 bits per heavy atom. The third kappa shape index (κ3) is 3.89. The number of anilines is 1. The summed E-state index contributed by atoms with van der Waals surface area (Å²) in [6.07, 6.45) is 5.16. The fraction of sp³-hybridized carbons (Fsp3) is 0.263. The third-order valence-electron chi connectivity index (χ3n) is 4.27. The number of carbonyl (C=O) groups excluding carboxylic acids is 2. The van der Waals surface area contributed by atoms with Crippen LogP contribution in [-0.2, 0) is 16.6 Å². The summed E-state index contributed by atoms with van der Waals surface area (Å²) in [5, 5.41) is 11.3. The topological polar surface area (TPSA) is 91.0 Å². The van der Waals surface area contributed by atoms with E-state index in [-0.39, 0.29) is 6.61 Å². The van der Waals surface area contributed by atoms with Crippen molar-refractivity contribution in [2.45, 2.75) is 18.8 Å². The fourth-order valence-corrected chi connectivity index (χ4v) is 2.75. The van der Waals surface area contributed by atoms with Crippen molar-refractivity contribution in [2.75, 3.05) is 11.9 Å². The molecule has 2 aromatic heterocycles. The van der Waals surface area contributed by atoms with E-state index in [9.17, 15) is 9.59 Å². The second-order valence-electron chi connectivity index (χ2n) is 6.50. The quantitative estimate of drug-likeness (QED) is 0.677. The molecule has 0 unspecified atom stereocenters. The van der Waals surface area contributed by atoms with E-state index in [4.69, 9.17) is 4.74 Å². The number of para-hydroxylation sites is 1. The van der Waals surface area contributed by atoms with Crippen molar-refractivity contribution in [1.29, 1.82) is 0 Å². The summed E-state index contributed by atoms with van der Waals surface area (Å²) in [5.74, 6) is -0.000274. The summed E-state index contributed by atoms with van der Waals surface area (Å²) < 4.78 is 8.25. The van der Waals surface area contributed by atoms with Gasteiger partial charge in [-0.2, -0.15) is 10.2 Å². The van der Waals surface area contributed by atoms with Gasteiger partial charge in [-0.15, -0.1) is 0 Å². The van der Waals surface area contributed by atoms with Crippen LogP contribution in [0.5, 0.6) is 0 Å². The zero-order valence-corrected chi connectivity index (χ0v) is 14.8. The van der Waals surface area contributed by atoms with Crippen LogP contribution in [0.25, 0.3) is 5.69 Å². The first kappa shape index (κ1) is 17.0. The van der Waals surface area contributed by atoms with Gasteiger partial charge in [0.25, 0.3) is 5.91 Å². The van der Waals surface area contributed by atoms with Crippen molar-refractivity contribution in [3.05, 3.63) is 60.0 Å².